The van der Waals surface area contributed by atoms with Crippen LogP contribution in [0.25, 0.3) is 11.3 Å². The van der Waals surface area contributed by atoms with E-state index in [1.54, 1.807) is 0 Å². The fourth-order valence-corrected chi connectivity index (χ4v) is 3.73. The second kappa shape index (κ2) is 8.97. The average Bonchev–Trinajstić information content (AvgIpc) is 3.21. The first-order valence-corrected chi connectivity index (χ1v) is 9.96. The monoisotopic (exact) mass is 379 g/mol. The summed E-state index contributed by atoms with van der Waals surface area (Å²) < 4.78 is 15.1. The highest BCUT2D eigenvalue weighted by Crippen LogP contribution is 2.19. The van der Waals surface area contributed by atoms with Crippen LogP contribution in [0.2, 0.25) is 0 Å². The fourth-order valence-electron chi connectivity index (χ4n) is 3.73. The van der Waals surface area contributed by atoms with E-state index < -0.39 is 0 Å². The molecule has 0 saturated carbocycles. The van der Waals surface area contributed by atoms with E-state index in [-0.39, 0.29) is 5.82 Å². The molecule has 0 atom stereocenters. The first-order chi connectivity index (χ1) is 13.8. The molecule has 0 aliphatic carbocycles. The van der Waals surface area contributed by atoms with E-state index in [0.717, 1.165) is 69.1 Å². The lowest BCUT2D eigenvalue weighted by Gasteiger charge is -2.36. The standard InChI is InChI=1S/C22H26FN5/c23-20-8-10-21(11-9-20)27-16-14-26(15-17-27)12-4-5-13-28-22(18-24-25-28)19-6-2-1-3-7-19/h1-3,6-11,18H,4-5,12-17H2. The molecule has 0 bridgehead atoms. The Hall–Kier alpha value is -2.73. The molecule has 28 heavy (non-hydrogen) atoms. The summed E-state index contributed by atoms with van der Waals surface area (Å²) in [4.78, 5) is 4.84. The molecule has 5 nitrogen and oxygen atoms in total. The summed E-state index contributed by atoms with van der Waals surface area (Å²) in [5.41, 5.74) is 3.35. The van der Waals surface area contributed by atoms with Gasteiger partial charge in [0.2, 0.25) is 0 Å². The SMILES string of the molecule is Fc1ccc(N2CCN(CCCCn3nncc3-c3ccccc3)CC2)cc1. The Balaban J connectivity index is 1.20. The van der Waals surface area contributed by atoms with Gasteiger partial charge in [-0.3, -0.25) is 4.90 Å². The minimum atomic E-state index is -0.176. The molecule has 0 N–H and O–H groups in total. The van der Waals surface area contributed by atoms with Crippen molar-refractivity contribution in [3.8, 4) is 11.3 Å². The number of rotatable bonds is 7. The van der Waals surface area contributed by atoms with E-state index in [2.05, 4.69) is 32.2 Å². The van der Waals surface area contributed by atoms with Crippen LogP contribution in [0.3, 0.4) is 0 Å². The first-order valence-electron chi connectivity index (χ1n) is 9.96. The number of aryl methyl sites for hydroxylation is 1. The summed E-state index contributed by atoms with van der Waals surface area (Å²) in [6.45, 7) is 6.08. The van der Waals surface area contributed by atoms with Gasteiger partial charge in [-0.2, -0.15) is 0 Å². The maximum atomic E-state index is 13.1. The molecular weight excluding hydrogens is 353 g/mol. The van der Waals surface area contributed by atoms with Crippen LogP contribution in [0.1, 0.15) is 12.8 Å². The third-order valence-corrected chi connectivity index (χ3v) is 5.35. The highest BCUT2D eigenvalue weighted by molar-refractivity contribution is 5.57. The normalized spacial score (nSPS) is 15.1. The van der Waals surface area contributed by atoms with Crippen molar-refractivity contribution in [1.29, 1.82) is 0 Å². The molecule has 0 spiro atoms. The van der Waals surface area contributed by atoms with E-state index >= 15 is 0 Å². The highest BCUT2D eigenvalue weighted by Gasteiger charge is 2.16. The average molecular weight is 379 g/mol. The predicted octanol–water partition coefficient (Wildman–Crippen LogP) is 3.69. The lowest BCUT2D eigenvalue weighted by molar-refractivity contribution is 0.251. The van der Waals surface area contributed by atoms with Gasteiger partial charge in [0.1, 0.15) is 5.82 Å². The second-order valence-corrected chi connectivity index (χ2v) is 7.22. The van der Waals surface area contributed by atoms with Gasteiger partial charge in [-0.1, -0.05) is 35.5 Å². The van der Waals surface area contributed by atoms with Crippen LogP contribution in [0, 0.1) is 5.82 Å². The van der Waals surface area contributed by atoms with Crippen molar-refractivity contribution in [1.82, 2.24) is 19.9 Å². The molecule has 2 heterocycles. The van der Waals surface area contributed by atoms with E-state index in [0.29, 0.717) is 0 Å². The number of anilines is 1. The molecule has 0 radical (unpaired) electrons. The summed E-state index contributed by atoms with van der Waals surface area (Å²) in [7, 11) is 0. The maximum Gasteiger partial charge on any atom is 0.123 e. The van der Waals surface area contributed by atoms with Gasteiger partial charge in [0.05, 0.1) is 11.9 Å². The zero-order valence-corrected chi connectivity index (χ0v) is 16.0. The lowest BCUT2D eigenvalue weighted by atomic mass is 10.1. The van der Waals surface area contributed by atoms with Gasteiger partial charge in [-0.25, -0.2) is 9.07 Å². The third-order valence-electron chi connectivity index (χ3n) is 5.35. The van der Waals surface area contributed by atoms with Crippen LogP contribution in [-0.2, 0) is 6.54 Å². The molecule has 0 unspecified atom stereocenters. The number of unbranched alkanes of at least 4 members (excludes halogenated alkanes) is 1. The van der Waals surface area contributed by atoms with E-state index in [4.69, 9.17) is 0 Å². The van der Waals surface area contributed by atoms with E-state index in [9.17, 15) is 4.39 Å². The number of piperazine rings is 1. The van der Waals surface area contributed by atoms with Gasteiger partial charge < -0.3 is 4.90 Å². The van der Waals surface area contributed by atoms with Crippen molar-refractivity contribution < 1.29 is 4.39 Å². The molecule has 1 aromatic heterocycles. The van der Waals surface area contributed by atoms with Gasteiger partial charge >= 0.3 is 0 Å². The third kappa shape index (κ3) is 4.57. The first kappa shape index (κ1) is 18.6. The maximum absolute atomic E-state index is 13.1. The summed E-state index contributed by atoms with van der Waals surface area (Å²) in [5.74, 6) is -0.176. The molecule has 4 rings (SSSR count). The predicted molar refractivity (Wildman–Crippen MR) is 110 cm³/mol. The fraction of sp³-hybridized carbons (Fsp3) is 0.364. The molecule has 2 aromatic carbocycles. The van der Waals surface area contributed by atoms with Crippen molar-refractivity contribution in [3.63, 3.8) is 0 Å². The zero-order valence-electron chi connectivity index (χ0n) is 16.0. The number of aromatic nitrogens is 3. The topological polar surface area (TPSA) is 37.2 Å². The zero-order chi connectivity index (χ0) is 19.2. The highest BCUT2D eigenvalue weighted by atomic mass is 19.1. The minimum absolute atomic E-state index is 0.176. The Bertz CT molecular complexity index is 854. The van der Waals surface area contributed by atoms with Gasteiger partial charge in [-0.05, 0) is 43.7 Å². The molecule has 6 heteroatoms. The molecule has 1 aliphatic rings. The number of benzene rings is 2. The van der Waals surface area contributed by atoms with Crippen LogP contribution in [-0.4, -0.2) is 52.6 Å². The van der Waals surface area contributed by atoms with Crippen LogP contribution in [0.15, 0.2) is 60.8 Å². The van der Waals surface area contributed by atoms with Gasteiger partial charge in [0, 0.05) is 44.0 Å². The quantitative estimate of drug-likeness (QED) is 0.587. The Morgan fingerprint density at radius 3 is 2.29 bits per heavy atom. The smallest absolute Gasteiger partial charge is 0.123 e. The summed E-state index contributed by atoms with van der Waals surface area (Å²) in [5, 5.41) is 8.33. The van der Waals surface area contributed by atoms with Crippen LogP contribution >= 0.6 is 0 Å². The number of hydrogen-bond acceptors (Lipinski definition) is 4. The summed E-state index contributed by atoms with van der Waals surface area (Å²) in [6, 6.07) is 17.1. The Morgan fingerprint density at radius 1 is 0.821 bits per heavy atom. The molecule has 3 aromatic rings. The number of hydrogen-bond donors (Lipinski definition) is 0. The van der Waals surface area contributed by atoms with Crippen molar-refractivity contribution in [3.05, 3.63) is 66.6 Å². The molecule has 1 fully saturated rings. The van der Waals surface area contributed by atoms with E-state index in [1.165, 1.54) is 12.1 Å². The largest absolute Gasteiger partial charge is 0.369 e. The Labute approximate surface area is 165 Å². The number of nitrogens with zero attached hydrogens (tertiary/aromatic N) is 5. The minimum Gasteiger partial charge on any atom is -0.369 e. The molecular formula is C22H26FN5. The summed E-state index contributed by atoms with van der Waals surface area (Å²) in [6.07, 6.45) is 4.07. The van der Waals surface area contributed by atoms with Crippen molar-refractivity contribution in [2.45, 2.75) is 19.4 Å². The molecule has 1 aliphatic heterocycles. The molecule has 0 amide bonds. The summed E-state index contributed by atoms with van der Waals surface area (Å²) >= 11 is 0. The van der Waals surface area contributed by atoms with Crippen LogP contribution < -0.4 is 4.90 Å². The Morgan fingerprint density at radius 2 is 1.54 bits per heavy atom. The molecule has 1 saturated heterocycles. The van der Waals surface area contributed by atoms with Gasteiger partial charge in [-0.15, -0.1) is 5.10 Å². The Kier molecular flexibility index (Phi) is 5.97. The van der Waals surface area contributed by atoms with Crippen molar-refractivity contribution in [2.75, 3.05) is 37.6 Å². The van der Waals surface area contributed by atoms with E-state index in [1.807, 2.05) is 41.2 Å². The van der Waals surface area contributed by atoms with Crippen LogP contribution in [0.4, 0.5) is 10.1 Å². The van der Waals surface area contributed by atoms with Crippen molar-refractivity contribution in [2.24, 2.45) is 0 Å². The van der Waals surface area contributed by atoms with Crippen LogP contribution in [0.5, 0.6) is 0 Å². The van der Waals surface area contributed by atoms with Gasteiger partial charge in [0.15, 0.2) is 0 Å². The lowest BCUT2D eigenvalue weighted by Crippen LogP contribution is -2.46. The van der Waals surface area contributed by atoms with Crippen molar-refractivity contribution >= 4 is 5.69 Å². The second-order valence-electron chi connectivity index (χ2n) is 7.22. The molecule has 146 valence electrons. The van der Waals surface area contributed by atoms with Gasteiger partial charge in [0.25, 0.3) is 0 Å². The number of halogens is 1.